The van der Waals surface area contributed by atoms with Crippen LogP contribution in [0.1, 0.15) is 6.92 Å². The SMILES string of the molecule is CCOC(=O)NCC(O)CCl. The van der Waals surface area contributed by atoms with Crippen LogP contribution in [0.5, 0.6) is 0 Å². The number of carbonyl (C=O) groups is 1. The van der Waals surface area contributed by atoms with Crippen molar-refractivity contribution >= 4 is 17.7 Å². The first-order chi connectivity index (χ1) is 5.20. The normalized spacial score (nSPS) is 12.3. The maximum Gasteiger partial charge on any atom is 0.407 e. The van der Waals surface area contributed by atoms with E-state index in [0.29, 0.717) is 6.61 Å². The first-order valence-electron chi connectivity index (χ1n) is 3.35. The molecule has 5 heteroatoms. The van der Waals surface area contributed by atoms with Crippen LogP contribution in [0.2, 0.25) is 0 Å². The van der Waals surface area contributed by atoms with Gasteiger partial charge < -0.3 is 15.2 Å². The minimum absolute atomic E-state index is 0.104. The van der Waals surface area contributed by atoms with Crippen LogP contribution in [-0.4, -0.2) is 36.3 Å². The van der Waals surface area contributed by atoms with Crippen LogP contribution >= 0.6 is 11.6 Å². The lowest BCUT2D eigenvalue weighted by molar-refractivity contribution is 0.140. The van der Waals surface area contributed by atoms with Crippen molar-refractivity contribution in [2.24, 2.45) is 0 Å². The highest BCUT2D eigenvalue weighted by Gasteiger charge is 2.04. The van der Waals surface area contributed by atoms with Gasteiger partial charge >= 0.3 is 6.09 Å². The van der Waals surface area contributed by atoms with Gasteiger partial charge in [0.25, 0.3) is 0 Å². The first-order valence-corrected chi connectivity index (χ1v) is 3.88. The van der Waals surface area contributed by atoms with E-state index in [2.05, 4.69) is 10.1 Å². The topological polar surface area (TPSA) is 58.6 Å². The average molecular weight is 182 g/mol. The van der Waals surface area contributed by atoms with Crippen LogP contribution in [-0.2, 0) is 4.74 Å². The minimum Gasteiger partial charge on any atom is -0.450 e. The second kappa shape index (κ2) is 6.24. The van der Waals surface area contributed by atoms with Crippen LogP contribution in [0.25, 0.3) is 0 Å². The molecule has 11 heavy (non-hydrogen) atoms. The number of halogens is 1. The smallest absolute Gasteiger partial charge is 0.407 e. The molecule has 0 aliphatic carbocycles. The zero-order valence-corrected chi connectivity index (χ0v) is 7.10. The fourth-order valence-electron chi connectivity index (χ4n) is 0.438. The number of carbonyl (C=O) groups excluding carboxylic acids is 1. The second-order valence-electron chi connectivity index (χ2n) is 1.91. The number of aliphatic hydroxyl groups excluding tert-OH is 1. The quantitative estimate of drug-likeness (QED) is 0.615. The van der Waals surface area contributed by atoms with E-state index in [1.807, 2.05) is 0 Å². The van der Waals surface area contributed by atoms with Gasteiger partial charge in [0.05, 0.1) is 18.6 Å². The Hall–Kier alpha value is -0.480. The molecule has 0 aromatic rings. The molecule has 0 saturated heterocycles. The number of amides is 1. The zero-order valence-electron chi connectivity index (χ0n) is 6.34. The number of hydrogen-bond acceptors (Lipinski definition) is 3. The molecule has 0 aliphatic heterocycles. The van der Waals surface area contributed by atoms with Crippen molar-refractivity contribution in [3.05, 3.63) is 0 Å². The highest BCUT2D eigenvalue weighted by atomic mass is 35.5. The number of hydrogen-bond donors (Lipinski definition) is 2. The standard InChI is InChI=1S/C6H12ClNO3/c1-2-11-6(10)8-4-5(9)3-7/h5,9H,2-4H2,1H3,(H,8,10). The molecule has 0 aromatic carbocycles. The Bertz CT molecular complexity index is 120. The molecule has 2 N–H and O–H groups in total. The lowest BCUT2D eigenvalue weighted by atomic mass is 10.4. The molecular formula is C6H12ClNO3. The summed E-state index contributed by atoms with van der Waals surface area (Å²) in [7, 11) is 0. The summed E-state index contributed by atoms with van der Waals surface area (Å²) in [6.45, 7) is 2.16. The van der Waals surface area contributed by atoms with Gasteiger partial charge in [-0.3, -0.25) is 0 Å². The Balaban J connectivity index is 3.30. The van der Waals surface area contributed by atoms with Gasteiger partial charge in [0, 0.05) is 6.54 Å². The number of ether oxygens (including phenoxy) is 1. The Morgan fingerprint density at radius 2 is 2.45 bits per heavy atom. The first kappa shape index (κ1) is 10.5. The van der Waals surface area contributed by atoms with Gasteiger partial charge in [0.2, 0.25) is 0 Å². The average Bonchev–Trinajstić information content (AvgIpc) is 2.01. The molecular weight excluding hydrogens is 170 g/mol. The van der Waals surface area contributed by atoms with Crippen molar-refractivity contribution in [1.29, 1.82) is 0 Å². The molecule has 0 bridgehead atoms. The van der Waals surface area contributed by atoms with Crippen molar-refractivity contribution in [2.75, 3.05) is 19.0 Å². The van der Waals surface area contributed by atoms with Crippen LogP contribution in [0.4, 0.5) is 4.79 Å². The highest BCUT2D eigenvalue weighted by Crippen LogP contribution is 1.85. The lowest BCUT2D eigenvalue weighted by Crippen LogP contribution is -2.33. The fourth-order valence-corrected chi connectivity index (χ4v) is 0.547. The van der Waals surface area contributed by atoms with Crippen molar-refractivity contribution in [2.45, 2.75) is 13.0 Å². The highest BCUT2D eigenvalue weighted by molar-refractivity contribution is 6.18. The molecule has 0 heterocycles. The molecule has 0 saturated carbocycles. The molecule has 0 aliphatic rings. The Morgan fingerprint density at radius 1 is 1.82 bits per heavy atom. The van der Waals surface area contributed by atoms with E-state index in [0.717, 1.165) is 0 Å². The van der Waals surface area contributed by atoms with Gasteiger partial charge in [-0.05, 0) is 6.92 Å². The minimum atomic E-state index is -0.707. The Labute approximate surface area is 70.5 Å². The van der Waals surface area contributed by atoms with Crippen molar-refractivity contribution in [3.8, 4) is 0 Å². The predicted molar refractivity (Wildman–Crippen MR) is 41.8 cm³/mol. The van der Waals surface area contributed by atoms with Gasteiger partial charge in [-0.15, -0.1) is 11.6 Å². The van der Waals surface area contributed by atoms with Gasteiger partial charge in [-0.25, -0.2) is 4.79 Å². The van der Waals surface area contributed by atoms with E-state index in [4.69, 9.17) is 16.7 Å². The van der Waals surface area contributed by atoms with E-state index in [1.165, 1.54) is 0 Å². The summed E-state index contributed by atoms with van der Waals surface area (Å²) < 4.78 is 4.53. The fraction of sp³-hybridized carbons (Fsp3) is 0.833. The monoisotopic (exact) mass is 181 g/mol. The summed E-state index contributed by atoms with van der Waals surface area (Å²) in [5, 5.41) is 11.2. The van der Waals surface area contributed by atoms with E-state index in [-0.39, 0.29) is 12.4 Å². The number of alkyl halides is 1. The molecule has 4 nitrogen and oxygen atoms in total. The molecule has 0 radical (unpaired) electrons. The molecule has 1 atom stereocenters. The summed E-state index contributed by atoms with van der Waals surface area (Å²) in [5.74, 6) is 0.104. The van der Waals surface area contributed by atoms with Gasteiger partial charge in [0.15, 0.2) is 0 Å². The lowest BCUT2D eigenvalue weighted by Gasteiger charge is -2.07. The van der Waals surface area contributed by atoms with E-state index >= 15 is 0 Å². The van der Waals surface area contributed by atoms with E-state index in [1.54, 1.807) is 6.92 Å². The zero-order chi connectivity index (χ0) is 8.69. The van der Waals surface area contributed by atoms with Crippen molar-refractivity contribution in [3.63, 3.8) is 0 Å². The van der Waals surface area contributed by atoms with Crippen LogP contribution < -0.4 is 5.32 Å². The van der Waals surface area contributed by atoms with Crippen molar-refractivity contribution < 1.29 is 14.6 Å². The maximum absolute atomic E-state index is 10.6. The largest absolute Gasteiger partial charge is 0.450 e. The van der Waals surface area contributed by atoms with Crippen LogP contribution in [0.3, 0.4) is 0 Å². The number of rotatable bonds is 4. The second-order valence-corrected chi connectivity index (χ2v) is 2.22. The van der Waals surface area contributed by atoms with Crippen molar-refractivity contribution in [1.82, 2.24) is 5.32 Å². The Kier molecular flexibility index (Phi) is 5.97. The molecule has 0 spiro atoms. The Morgan fingerprint density at radius 3 is 2.91 bits per heavy atom. The predicted octanol–water partition coefficient (Wildman–Crippen LogP) is 0.332. The van der Waals surface area contributed by atoms with Crippen LogP contribution in [0, 0.1) is 0 Å². The molecule has 1 amide bonds. The summed E-state index contributed by atoms with van der Waals surface area (Å²) in [5.41, 5.74) is 0. The molecule has 1 unspecified atom stereocenters. The van der Waals surface area contributed by atoms with E-state index < -0.39 is 12.2 Å². The summed E-state index contributed by atoms with van der Waals surface area (Å²) >= 11 is 5.27. The summed E-state index contributed by atoms with van der Waals surface area (Å²) in [4.78, 5) is 10.6. The van der Waals surface area contributed by atoms with E-state index in [9.17, 15) is 4.79 Å². The number of alkyl carbamates (subject to hydrolysis) is 1. The third kappa shape index (κ3) is 5.94. The van der Waals surface area contributed by atoms with Gasteiger partial charge in [-0.2, -0.15) is 0 Å². The molecule has 66 valence electrons. The maximum atomic E-state index is 10.6. The number of nitrogens with one attached hydrogen (secondary N) is 1. The third-order valence-electron chi connectivity index (χ3n) is 0.936. The summed E-state index contributed by atoms with van der Waals surface area (Å²) in [6.07, 6.45) is -1.24. The molecule has 0 aromatic heterocycles. The number of aliphatic hydroxyl groups is 1. The molecule has 0 fully saturated rings. The van der Waals surface area contributed by atoms with Crippen LogP contribution in [0.15, 0.2) is 0 Å². The third-order valence-corrected chi connectivity index (χ3v) is 1.29. The van der Waals surface area contributed by atoms with Gasteiger partial charge in [0.1, 0.15) is 0 Å². The van der Waals surface area contributed by atoms with Gasteiger partial charge in [-0.1, -0.05) is 0 Å². The molecule has 0 rings (SSSR count). The summed E-state index contributed by atoms with van der Waals surface area (Å²) in [6, 6.07) is 0.